The van der Waals surface area contributed by atoms with Gasteiger partial charge in [0.25, 0.3) is 5.12 Å². The Balaban J connectivity index is 1.99. The average molecular weight is 387 g/mol. The second-order valence-electron chi connectivity index (χ2n) is 6.54. The normalized spacial score (nSPS) is 11.5. The average Bonchev–Trinajstić information content (AvgIpc) is 2.73. The maximum absolute atomic E-state index is 13.3. The molecule has 3 aromatic carbocycles. The van der Waals surface area contributed by atoms with E-state index in [2.05, 4.69) is 4.98 Å². The summed E-state index contributed by atoms with van der Waals surface area (Å²) in [6.07, 6.45) is 1.66. The smallest absolute Gasteiger partial charge is 0.276 e. The number of hydrogen-bond donors (Lipinski definition) is 0. The van der Waals surface area contributed by atoms with Crippen LogP contribution in [0.4, 0.5) is 0 Å². The maximum atomic E-state index is 13.3. The third-order valence-corrected chi connectivity index (χ3v) is 6.21. The number of pyridine rings is 1. The molecule has 28 heavy (non-hydrogen) atoms. The van der Waals surface area contributed by atoms with E-state index in [1.165, 1.54) is 12.1 Å². The minimum Gasteiger partial charge on any atom is -0.276 e. The Morgan fingerprint density at radius 2 is 1.46 bits per heavy atom. The van der Waals surface area contributed by atoms with Crippen LogP contribution in [0.25, 0.3) is 22.0 Å². The molecule has 1 aromatic heterocycles. The highest BCUT2D eigenvalue weighted by atomic mass is 32.2. The van der Waals surface area contributed by atoms with Crippen molar-refractivity contribution in [1.29, 1.82) is 0 Å². The predicted molar refractivity (Wildman–Crippen MR) is 110 cm³/mol. The van der Waals surface area contributed by atoms with Crippen molar-refractivity contribution < 1.29 is 13.2 Å². The summed E-state index contributed by atoms with van der Waals surface area (Å²) in [6, 6.07) is 22.6. The van der Waals surface area contributed by atoms with Gasteiger partial charge in [-0.3, -0.25) is 9.78 Å². The molecule has 4 nitrogen and oxygen atoms in total. The molecule has 4 rings (SSSR count). The lowest BCUT2D eigenvalue weighted by atomic mass is 10.0. The van der Waals surface area contributed by atoms with Crippen LogP contribution in [0.1, 0.15) is 15.9 Å². The molecule has 0 saturated heterocycles. The van der Waals surface area contributed by atoms with Gasteiger partial charge in [-0.2, -0.15) is 0 Å². The zero-order valence-electron chi connectivity index (χ0n) is 15.2. The Morgan fingerprint density at radius 1 is 0.821 bits per heavy atom. The second kappa shape index (κ2) is 7.02. The molecule has 0 unspecified atom stereocenters. The summed E-state index contributed by atoms with van der Waals surface area (Å²) < 4.78 is 26.2. The van der Waals surface area contributed by atoms with Gasteiger partial charge in [0.1, 0.15) is 0 Å². The number of benzene rings is 3. The third kappa shape index (κ3) is 3.10. The zero-order chi connectivity index (χ0) is 19.7. The van der Waals surface area contributed by atoms with E-state index in [4.69, 9.17) is 0 Å². The van der Waals surface area contributed by atoms with Crippen LogP contribution in [0, 0.1) is 6.92 Å². The Bertz CT molecular complexity index is 1280. The van der Waals surface area contributed by atoms with E-state index in [0.717, 1.165) is 5.56 Å². The fourth-order valence-corrected chi connectivity index (χ4v) is 4.33. The SMILES string of the molecule is Cc1ccc(S(=O)(=O)C(=O)c2c(-c3ccccc3)ncc3ccccc23)cc1. The van der Waals surface area contributed by atoms with Gasteiger partial charge < -0.3 is 0 Å². The summed E-state index contributed by atoms with van der Waals surface area (Å²) in [5.41, 5.74) is 2.07. The molecule has 0 atom stereocenters. The number of rotatable bonds is 3. The van der Waals surface area contributed by atoms with Crippen LogP contribution in [0.3, 0.4) is 0 Å². The molecule has 0 bridgehead atoms. The van der Waals surface area contributed by atoms with Gasteiger partial charge in [0, 0.05) is 17.1 Å². The number of nitrogens with zero attached hydrogens (tertiary/aromatic N) is 1. The summed E-state index contributed by atoms with van der Waals surface area (Å²) in [4.78, 5) is 17.7. The monoisotopic (exact) mass is 387 g/mol. The van der Waals surface area contributed by atoms with Gasteiger partial charge in [0.2, 0.25) is 9.84 Å². The van der Waals surface area contributed by atoms with Crippen molar-refractivity contribution in [1.82, 2.24) is 4.98 Å². The number of carbonyl (C=O) groups is 1. The van der Waals surface area contributed by atoms with Gasteiger partial charge in [-0.15, -0.1) is 0 Å². The van der Waals surface area contributed by atoms with Crippen molar-refractivity contribution in [3.8, 4) is 11.3 Å². The molecule has 0 amide bonds. The summed E-state index contributed by atoms with van der Waals surface area (Å²) in [7, 11) is -4.21. The number of fused-ring (bicyclic) bond motifs is 1. The van der Waals surface area contributed by atoms with E-state index in [1.54, 1.807) is 30.5 Å². The van der Waals surface area contributed by atoms with Crippen molar-refractivity contribution in [3.63, 3.8) is 0 Å². The first kappa shape index (κ1) is 18.1. The zero-order valence-corrected chi connectivity index (χ0v) is 16.0. The molecule has 0 aliphatic rings. The van der Waals surface area contributed by atoms with Crippen molar-refractivity contribution in [2.24, 2.45) is 0 Å². The first-order valence-electron chi connectivity index (χ1n) is 8.78. The molecule has 0 radical (unpaired) electrons. The van der Waals surface area contributed by atoms with Crippen molar-refractivity contribution in [2.75, 3.05) is 0 Å². The number of aryl methyl sites for hydroxylation is 1. The highest BCUT2D eigenvalue weighted by molar-refractivity contribution is 8.06. The van der Waals surface area contributed by atoms with Gasteiger partial charge >= 0.3 is 0 Å². The number of aromatic nitrogens is 1. The number of carbonyl (C=O) groups excluding carboxylic acids is 1. The van der Waals surface area contributed by atoms with E-state index < -0.39 is 15.0 Å². The Kier molecular flexibility index (Phi) is 4.53. The minimum absolute atomic E-state index is 0.0185. The molecular weight excluding hydrogens is 370 g/mol. The molecular formula is C23H17NO3S. The van der Waals surface area contributed by atoms with Gasteiger partial charge in [-0.1, -0.05) is 72.3 Å². The molecule has 0 saturated carbocycles. The minimum atomic E-state index is -4.21. The van der Waals surface area contributed by atoms with E-state index >= 15 is 0 Å². The Labute approximate surface area is 163 Å². The van der Waals surface area contributed by atoms with E-state index in [-0.39, 0.29) is 10.5 Å². The standard InChI is InChI=1S/C23H17NO3S/c1-16-11-13-19(14-12-16)28(26,27)23(25)21-20-10-6-5-9-18(20)15-24-22(21)17-7-3-2-4-8-17/h2-15H,1H3. The van der Waals surface area contributed by atoms with Gasteiger partial charge in [-0.05, 0) is 24.4 Å². The molecule has 1 heterocycles. The first-order valence-corrected chi connectivity index (χ1v) is 10.3. The highest BCUT2D eigenvalue weighted by Crippen LogP contribution is 2.31. The lowest BCUT2D eigenvalue weighted by Crippen LogP contribution is -2.17. The van der Waals surface area contributed by atoms with Gasteiger partial charge in [-0.25, -0.2) is 8.42 Å². The molecule has 4 aromatic rings. The van der Waals surface area contributed by atoms with Crippen LogP contribution >= 0.6 is 0 Å². The molecule has 5 heteroatoms. The summed E-state index contributed by atoms with van der Waals surface area (Å²) in [6.45, 7) is 1.86. The second-order valence-corrected chi connectivity index (χ2v) is 8.39. The van der Waals surface area contributed by atoms with E-state index in [9.17, 15) is 13.2 Å². The van der Waals surface area contributed by atoms with Crippen molar-refractivity contribution in [2.45, 2.75) is 11.8 Å². The molecule has 0 spiro atoms. The van der Waals surface area contributed by atoms with Crippen LogP contribution in [-0.2, 0) is 9.84 Å². The van der Waals surface area contributed by atoms with Crippen molar-refractivity contribution in [3.05, 3.63) is 96.2 Å². The molecule has 0 fully saturated rings. The third-order valence-electron chi connectivity index (χ3n) is 4.63. The summed E-state index contributed by atoms with van der Waals surface area (Å²) in [5.74, 6) is 0. The molecule has 138 valence electrons. The lowest BCUT2D eigenvalue weighted by Gasteiger charge is -2.12. The molecule has 0 aliphatic heterocycles. The van der Waals surface area contributed by atoms with Crippen LogP contribution in [0.15, 0.2) is 90.0 Å². The van der Waals surface area contributed by atoms with E-state index in [1.807, 2.05) is 49.4 Å². The van der Waals surface area contributed by atoms with Crippen molar-refractivity contribution >= 4 is 25.7 Å². The topological polar surface area (TPSA) is 64.1 Å². The number of hydrogen-bond acceptors (Lipinski definition) is 4. The summed E-state index contributed by atoms with van der Waals surface area (Å²) in [5, 5.41) is 0.334. The van der Waals surface area contributed by atoms with Crippen LogP contribution < -0.4 is 0 Å². The fraction of sp³-hybridized carbons (Fsp3) is 0.0435. The first-order chi connectivity index (χ1) is 13.5. The van der Waals surface area contributed by atoms with Gasteiger partial charge in [0.05, 0.1) is 16.2 Å². The molecule has 0 aliphatic carbocycles. The Hall–Kier alpha value is -3.31. The van der Waals surface area contributed by atoms with Crippen LogP contribution in [0.2, 0.25) is 0 Å². The maximum Gasteiger partial charge on any atom is 0.284 e. The van der Waals surface area contributed by atoms with E-state index in [0.29, 0.717) is 22.0 Å². The largest absolute Gasteiger partial charge is 0.284 e. The van der Waals surface area contributed by atoms with Gasteiger partial charge in [0.15, 0.2) is 0 Å². The predicted octanol–water partition coefficient (Wildman–Crippen LogP) is 4.82. The quantitative estimate of drug-likeness (QED) is 0.505. The lowest BCUT2D eigenvalue weighted by molar-refractivity contribution is 0.107. The van der Waals surface area contributed by atoms with Crippen LogP contribution in [0.5, 0.6) is 0 Å². The number of sulfone groups is 1. The van der Waals surface area contributed by atoms with Crippen LogP contribution in [-0.4, -0.2) is 18.5 Å². The Morgan fingerprint density at radius 3 is 2.18 bits per heavy atom. The fourth-order valence-electron chi connectivity index (χ4n) is 3.14. The highest BCUT2D eigenvalue weighted by Gasteiger charge is 2.31. The summed E-state index contributed by atoms with van der Waals surface area (Å²) >= 11 is 0. The molecule has 0 N–H and O–H groups in total.